The smallest absolute Gasteiger partial charge is 0.251 e. The zero-order valence-electron chi connectivity index (χ0n) is 13.0. The second-order valence-corrected chi connectivity index (χ2v) is 6.10. The largest absolute Gasteiger partial charge is 0.384 e. The fraction of sp³-hybridized carbons (Fsp3) is 0.375. The highest BCUT2D eigenvalue weighted by Gasteiger charge is 2.35. The van der Waals surface area contributed by atoms with Crippen molar-refractivity contribution in [3.63, 3.8) is 0 Å². The molecule has 1 aliphatic heterocycles. The van der Waals surface area contributed by atoms with Gasteiger partial charge in [-0.1, -0.05) is 5.21 Å². The SMILES string of the molecule is CC(C)(O)c1cn(C2CCN(c3ccc(C#N)cc3)C2=O)nn1. The lowest BCUT2D eigenvalue weighted by molar-refractivity contribution is -0.120. The molecule has 1 saturated heterocycles. The van der Waals surface area contributed by atoms with Crippen LogP contribution in [0.5, 0.6) is 0 Å². The first-order valence-electron chi connectivity index (χ1n) is 7.36. The van der Waals surface area contributed by atoms with E-state index in [4.69, 9.17) is 5.26 Å². The van der Waals surface area contributed by atoms with Crippen LogP contribution in [0.3, 0.4) is 0 Å². The van der Waals surface area contributed by atoms with E-state index in [-0.39, 0.29) is 5.91 Å². The molecule has 1 aliphatic rings. The average Bonchev–Trinajstić information content (AvgIpc) is 3.13. The van der Waals surface area contributed by atoms with Crippen molar-refractivity contribution >= 4 is 11.6 Å². The van der Waals surface area contributed by atoms with E-state index in [9.17, 15) is 9.90 Å². The van der Waals surface area contributed by atoms with E-state index in [0.29, 0.717) is 24.2 Å². The molecule has 118 valence electrons. The van der Waals surface area contributed by atoms with E-state index >= 15 is 0 Å². The minimum Gasteiger partial charge on any atom is -0.384 e. The highest BCUT2D eigenvalue weighted by Crippen LogP contribution is 2.29. The lowest BCUT2D eigenvalue weighted by Crippen LogP contribution is -2.28. The molecule has 1 aromatic heterocycles. The Labute approximate surface area is 133 Å². The number of aliphatic hydroxyl groups is 1. The maximum absolute atomic E-state index is 12.6. The van der Waals surface area contributed by atoms with Gasteiger partial charge in [-0.05, 0) is 44.5 Å². The van der Waals surface area contributed by atoms with Crippen molar-refractivity contribution in [1.29, 1.82) is 5.26 Å². The highest BCUT2D eigenvalue weighted by atomic mass is 16.3. The van der Waals surface area contributed by atoms with Gasteiger partial charge in [0.15, 0.2) is 0 Å². The summed E-state index contributed by atoms with van der Waals surface area (Å²) < 4.78 is 1.51. The first kappa shape index (κ1) is 15.2. The van der Waals surface area contributed by atoms with Gasteiger partial charge in [0.25, 0.3) is 5.91 Å². The lowest BCUT2D eigenvalue weighted by atomic mass is 10.1. The molecule has 2 heterocycles. The molecule has 0 spiro atoms. The summed E-state index contributed by atoms with van der Waals surface area (Å²) in [5.74, 6) is -0.0677. The second-order valence-electron chi connectivity index (χ2n) is 6.10. The molecule has 1 atom stereocenters. The number of rotatable bonds is 3. The van der Waals surface area contributed by atoms with Gasteiger partial charge in [0.2, 0.25) is 0 Å². The molecule has 7 heteroatoms. The predicted octanol–water partition coefficient (Wildman–Crippen LogP) is 1.36. The van der Waals surface area contributed by atoms with Gasteiger partial charge < -0.3 is 10.0 Å². The Morgan fingerprint density at radius 3 is 2.61 bits per heavy atom. The zero-order valence-corrected chi connectivity index (χ0v) is 13.0. The van der Waals surface area contributed by atoms with E-state index in [1.54, 1.807) is 49.2 Å². The van der Waals surface area contributed by atoms with E-state index in [1.807, 2.05) is 0 Å². The molecule has 1 N–H and O–H groups in total. The van der Waals surface area contributed by atoms with Crippen LogP contribution in [0, 0.1) is 11.3 Å². The Morgan fingerprint density at radius 2 is 2.04 bits per heavy atom. The van der Waals surface area contributed by atoms with E-state index in [1.165, 1.54) is 4.68 Å². The molecule has 23 heavy (non-hydrogen) atoms. The molecule has 1 amide bonds. The Balaban J connectivity index is 1.81. The summed E-state index contributed by atoms with van der Waals surface area (Å²) in [5, 5.41) is 26.7. The number of benzene rings is 1. The van der Waals surface area contributed by atoms with Gasteiger partial charge in [-0.3, -0.25) is 4.79 Å². The fourth-order valence-corrected chi connectivity index (χ4v) is 2.59. The summed E-state index contributed by atoms with van der Waals surface area (Å²) in [6, 6.07) is 8.55. The Morgan fingerprint density at radius 1 is 1.35 bits per heavy atom. The number of amides is 1. The lowest BCUT2D eigenvalue weighted by Gasteiger charge is -2.16. The van der Waals surface area contributed by atoms with Crippen LogP contribution in [0.15, 0.2) is 30.5 Å². The van der Waals surface area contributed by atoms with Crippen LogP contribution < -0.4 is 4.90 Å². The topological polar surface area (TPSA) is 95.0 Å². The van der Waals surface area contributed by atoms with Crippen molar-refractivity contribution in [3.05, 3.63) is 41.7 Å². The van der Waals surface area contributed by atoms with Gasteiger partial charge >= 0.3 is 0 Å². The summed E-state index contributed by atoms with van der Waals surface area (Å²) in [6.07, 6.45) is 2.23. The standard InChI is InChI=1S/C16H17N5O2/c1-16(2,23)14-10-21(19-18-14)13-7-8-20(15(13)22)12-5-3-11(9-17)4-6-12/h3-6,10,13,23H,7-8H2,1-2H3. The van der Waals surface area contributed by atoms with Crippen molar-refractivity contribution in [1.82, 2.24) is 15.0 Å². The number of nitriles is 1. The van der Waals surface area contributed by atoms with Gasteiger partial charge in [0.1, 0.15) is 17.3 Å². The quantitative estimate of drug-likeness (QED) is 0.923. The van der Waals surface area contributed by atoms with Crippen LogP contribution in [-0.4, -0.2) is 32.6 Å². The summed E-state index contributed by atoms with van der Waals surface area (Å²) in [5.41, 5.74) is 0.664. The monoisotopic (exact) mass is 311 g/mol. The number of aromatic nitrogens is 3. The fourth-order valence-electron chi connectivity index (χ4n) is 2.59. The molecule has 0 saturated carbocycles. The van der Waals surface area contributed by atoms with Crippen molar-refractivity contribution in [2.24, 2.45) is 0 Å². The first-order valence-corrected chi connectivity index (χ1v) is 7.36. The van der Waals surface area contributed by atoms with Crippen molar-refractivity contribution in [3.8, 4) is 6.07 Å². The molecular weight excluding hydrogens is 294 g/mol. The number of hydrogen-bond acceptors (Lipinski definition) is 5. The Hall–Kier alpha value is -2.72. The van der Waals surface area contributed by atoms with Gasteiger partial charge in [0.05, 0.1) is 17.8 Å². The molecular formula is C16H17N5O2. The molecule has 3 rings (SSSR count). The maximum atomic E-state index is 12.6. The third kappa shape index (κ3) is 2.81. The van der Waals surface area contributed by atoms with Gasteiger partial charge in [0, 0.05) is 12.2 Å². The van der Waals surface area contributed by atoms with Crippen LogP contribution in [0.2, 0.25) is 0 Å². The molecule has 7 nitrogen and oxygen atoms in total. The summed E-state index contributed by atoms with van der Waals surface area (Å²) >= 11 is 0. The van der Waals surface area contributed by atoms with Crippen LogP contribution in [-0.2, 0) is 10.4 Å². The third-order valence-corrected chi connectivity index (χ3v) is 3.94. The van der Waals surface area contributed by atoms with Gasteiger partial charge in [-0.25, -0.2) is 4.68 Å². The van der Waals surface area contributed by atoms with Crippen LogP contribution >= 0.6 is 0 Å². The molecule has 0 bridgehead atoms. The molecule has 0 aliphatic carbocycles. The average molecular weight is 311 g/mol. The van der Waals surface area contributed by atoms with E-state index < -0.39 is 11.6 Å². The number of hydrogen-bond donors (Lipinski definition) is 1. The van der Waals surface area contributed by atoms with Crippen LogP contribution in [0.1, 0.15) is 37.6 Å². The Bertz CT molecular complexity index is 767. The minimum atomic E-state index is -1.09. The van der Waals surface area contributed by atoms with Crippen molar-refractivity contribution in [2.75, 3.05) is 11.4 Å². The maximum Gasteiger partial charge on any atom is 0.251 e. The van der Waals surface area contributed by atoms with E-state index in [2.05, 4.69) is 16.4 Å². The summed E-state index contributed by atoms with van der Waals surface area (Å²) in [4.78, 5) is 14.3. The molecule has 1 fully saturated rings. The first-order chi connectivity index (χ1) is 10.9. The number of nitrogens with zero attached hydrogens (tertiary/aromatic N) is 5. The number of anilines is 1. The van der Waals surface area contributed by atoms with Crippen LogP contribution in [0.4, 0.5) is 5.69 Å². The minimum absolute atomic E-state index is 0.0677. The van der Waals surface area contributed by atoms with Gasteiger partial charge in [-0.2, -0.15) is 5.26 Å². The van der Waals surface area contributed by atoms with Crippen molar-refractivity contribution < 1.29 is 9.90 Å². The summed E-state index contributed by atoms with van der Waals surface area (Å²) in [6.45, 7) is 3.83. The van der Waals surface area contributed by atoms with Gasteiger partial charge in [-0.15, -0.1) is 5.10 Å². The second kappa shape index (κ2) is 5.48. The predicted molar refractivity (Wildman–Crippen MR) is 82.4 cm³/mol. The molecule has 2 aromatic rings. The summed E-state index contributed by atoms with van der Waals surface area (Å²) in [7, 11) is 0. The van der Waals surface area contributed by atoms with E-state index in [0.717, 1.165) is 5.69 Å². The number of carbonyl (C=O) groups is 1. The number of carbonyl (C=O) groups excluding carboxylic acids is 1. The normalized spacial score (nSPS) is 18.3. The van der Waals surface area contributed by atoms with Crippen molar-refractivity contribution in [2.45, 2.75) is 31.9 Å². The molecule has 1 unspecified atom stereocenters. The van der Waals surface area contributed by atoms with Crippen LogP contribution in [0.25, 0.3) is 0 Å². The Kier molecular flexibility index (Phi) is 3.62. The molecule has 0 radical (unpaired) electrons. The third-order valence-electron chi connectivity index (χ3n) is 3.94. The molecule has 1 aromatic carbocycles. The zero-order chi connectivity index (χ0) is 16.6. The highest BCUT2D eigenvalue weighted by molar-refractivity contribution is 5.98.